The van der Waals surface area contributed by atoms with Crippen molar-refractivity contribution in [2.75, 3.05) is 71.3 Å². The van der Waals surface area contributed by atoms with Crippen molar-refractivity contribution in [2.24, 2.45) is 5.41 Å². The Morgan fingerprint density at radius 1 is 1.13 bits per heavy atom. The average Bonchev–Trinajstić information content (AvgIpc) is 3.86. The van der Waals surface area contributed by atoms with Gasteiger partial charge >= 0.3 is 6.01 Å². The number of methoxy groups -OCH3 is 1. The maximum atomic E-state index is 17.2. The molecule has 3 aromatic heterocycles. The Labute approximate surface area is 306 Å². The molecule has 0 amide bonds. The highest BCUT2D eigenvalue weighted by Gasteiger charge is 2.54. The number of nitrogens with zero attached hydrogens (tertiary/aromatic N) is 6. The summed E-state index contributed by atoms with van der Waals surface area (Å²) in [5.74, 6) is -0.163. The van der Waals surface area contributed by atoms with Gasteiger partial charge in [0.2, 0.25) is 5.88 Å². The van der Waals surface area contributed by atoms with Crippen LogP contribution in [0.4, 0.5) is 10.2 Å². The predicted molar refractivity (Wildman–Crippen MR) is 192 cm³/mol. The summed E-state index contributed by atoms with van der Waals surface area (Å²) >= 11 is 6.64. The second-order valence-corrected chi connectivity index (χ2v) is 16.2. The molecule has 1 aliphatic carbocycles. The first-order chi connectivity index (χ1) is 25.1. The fraction of sp³-hybridized carbons (Fsp3) is 0.622. The van der Waals surface area contributed by atoms with Crippen molar-refractivity contribution < 1.29 is 33.2 Å². The number of likely N-dealkylation sites (tertiary alicyclic amines) is 1. The number of hydrogen-bond acceptors (Lipinski definition) is 12. The van der Waals surface area contributed by atoms with Crippen molar-refractivity contribution in [3.05, 3.63) is 28.7 Å². The molecule has 1 saturated carbocycles. The lowest BCUT2D eigenvalue weighted by Gasteiger charge is -2.48. The Kier molecular flexibility index (Phi) is 8.51. The number of aromatic nitrogens is 5. The van der Waals surface area contributed by atoms with Crippen LogP contribution in [0.3, 0.4) is 0 Å². The van der Waals surface area contributed by atoms with Crippen LogP contribution < -0.4 is 14.4 Å². The zero-order chi connectivity index (χ0) is 35.8. The van der Waals surface area contributed by atoms with Crippen LogP contribution in [0.15, 0.2) is 12.3 Å². The van der Waals surface area contributed by atoms with Gasteiger partial charge < -0.3 is 33.7 Å². The third-order valence-electron chi connectivity index (χ3n) is 12.1. The number of aromatic amines is 1. The topological polar surface area (TPSA) is 140 Å². The molecule has 278 valence electrons. The van der Waals surface area contributed by atoms with Crippen LogP contribution in [0, 0.1) is 18.2 Å². The van der Waals surface area contributed by atoms with Gasteiger partial charge in [0.05, 0.1) is 65.0 Å². The number of β-amino-alcohol motifs (C(OH)–C–C–N with tert-alkyl or cyclic N) is 1. The second-order valence-electron chi connectivity index (χ2n) is 15.7. The maximum absolute atomic E-state index is 17.2. The smallest absolute Gasteiger partial charge is 0.319 e. The molecule has 1 spiro atoms. The quantitative estimate of drug-likeness (QED) is 0.268. The lowest BCUT2D eigenvalue weighted by Crippen LogP contribution is -2.56. The highest BCUT2D eigenvalue weighted by molar-refractivity contribution is 6.33. The molecule has 1 unspecified atom stereocenters. The van der Waals surface area contributed by atoms with Crippen LogP contribution in [-0.4, -0.2) is 125 Å². The summed E-state index contributed by atoms with van der Waals surface area (Å²) in [5, 5.41) is 19.7. The van der Waals surface area contributed by atoms with Gasteiger partial charge in [0.25, 0.3) is 0 Å². The van der Waals surface area contributed by atoms with E-state index in [-0.39, 0.29) is 52.7 Å². The molecule has 5 aliphatic rings. The van der Waals surface area contributed by atoms with Gasteiger partial charge in [0.1, 0.15) is 33.6 Å². The van der Waals surface area contributed by atoms with Gasteiger partial charge in [-0.05, 0) is 64.1 Å². The van der Waals surface area contributed by atoms with E-state index in [0.717, 1.165) is 51.7 Å². The molecule has 52 heavy (non-hydrogen) atoms. The Morgan fingerprint density at radius 2 is 1.98 bits per heavy atom. The van der Waals surface area contributed by atoms with Crippen molar-refractivity contribution >= 4 is 39.2 Å². The number of benzene rings is 1. The van der Waals surface area contributed by atoms with E-state index in [1.165, 1.54) is 7.11 Å². The van der Waals surface area contributed by atoms with Gasteiger partial charge in [-0.15, -0.1) is 0 Å². The van der Waals surface area contributed by atoms with Gasteiger partial charge in [-0.25, -0.2) is 9.37 Å². The van der Waals surface area contributed by atoms with Gasteiger partial charge in [-0.2, -0.15) is 15.1 Å². The zero-order valence-corrected chi connectivity index (χ0v) is 30.6. The third kappa shape index (κ3) is 5.68. The summed E-state index contributed by atoms with van der Waals surface area (Å²) in [6.07, 6.45) is 7.97. The summed E-state index contributed by atoms with van der Waals surface area (Å²) in [6, 6.07) is 2.53. The first-order valence-corrected chi connectivity index (χ1v) is 18.7. The lowest BCUT2D eigenvalue weighted by molar-refractivity contribution is -0.184. The summed E-state index contributed by atoms with van der Waals surface area (Å²) in [7, 11) is 1.49. The molecule has 4 saturated heterocycles. The molecule has 4 aliphatic heterocycles. The standard InChI is InChI=1S/C37H45ClFN7O6/c1-21-24(38)12-25-23(14-40-44-25)27(21)30-29(39)31-28(33(41-30)48-3)32(45-10-11-49-17-35(2,47)16-45)43-34(42-31)51-18-36-7-4-6-26(36)46(9-5-8-36)22-13-37(52-15-22)19-50-20-37/h12,14,22,26,47H,4-11,13,15-20H2,1-3H3,(H,40,44)/t22?,26-,35+,36-/m1/s1. The molecular formula is C37H45ClFN7O6. The van der Waals surface area contributed by atoms with Crippen LogP contribution in [0.25, 0.3) is 33.1 Å². The maximum Gasteiger partial charge on any atom is 0.319 e. The van der Waals surface area contributed by atoms with E-state index >= 15 is 4.39 Å². The molecule has 9 rings (SSSR count). The van der Waals surface area contributed by atoms with E-state index in [2.05, 4.69) is 15.1 Å². The number of ether oxygens (including phenoxy) is 5. The van der Waals surface area contributed by atoms with Crippen molar-refractivity contribution in [1.82, 2.24) is 30.0 Å². The number of hydrogen-bond donors (Lipinski definition) is 2. The van der Waals surface area contributed by atoms with E-state index in [1.54, 1.807) is 19.2 Å². The molecule has 7 heterocycles. The minimum absolute atomic E-state index is 0.00420. The second kappa shape index (κ2) is 12.9. The first kappa shape index (κ1) is 34.4. The molecule has 0 bridgehead atoms. The molecule has 5 fully saturated rings. The number of fused-ring (bicyclic) bond motifs is 3. The zero-order valence-electron chi connectivity index (χ0n) is 29.8. The monoisotopic (exact) mass is 737 g/mol. The van der Waals surface area contributed by atoms with Crippen molar-refractivity contribution in [1.29, 1.82) is 0 Å². The highest BCUT2D eigenvalue weighted by Crippen LogP contribution is 2.50. The summed E-state index contributed by atoms with van der Waals surface area (Å²) in [5.41, 5.74) is 0.423. The van der Waals surface area contributed by atoms with E-state index in [9.17, 15) is 5.11 Å². The Morgan fingerprint density at radius 3 is 2.77 bits per heavy atom. The Hall–Kier alpha value is -3.40. The van der Waals surface area contributed by atoms with Gasteiger partial charge in [0.15, 0.2) is 5.82 Å². The predicted octanol–water partition coefficient (Wildman–Crippen LogP) is 4.84. The van der Waals surface area contributed by atoms with Crippen LogP contribution >= 0.6 is 11.6 Å². The van der Waals surface area contributed by atoms with Crippen LogP contribution in [0.2, 0.25) is 5.02 Å². The molecule has 4 atom stereocenters. The van der Waals surface area contributed by atoms with Crippen LogP contribution in [0.5, 0.6) is 11.9 Å². The number of halogens is 2. The molecular weight excluding hydrogens is 693 g/mol. The largest absolute Gasteiger partial charge is 0.480 e. The molecule has 13 nitrogen and oxygen atoms in total. The number of nitrogens with one attached hydrogen (secondary N) is 1. The lowest BCUT2D eigenvalue weighted by atomic mass is 9.74. The molecule has 4 aromatic rings. The van der Waals surface area contributed by atoms with Gasteiger partial charge in [-0.3, -0.25) is 10.00 Å². The SMILES string of the molecule is COc1nc(-c2c(C)c(Cl)cc3[nH]ncc23)c(F)c2nc(OC[C@]34CCC[C@H]3N(C3COC5(COC5)C3)CCC4)nc(N3CCOC[C@@](C)(O)C3)c12. The number of aliphatic hydroxyl groups is 1. The molecule has 0 radical (unpaired) electrons. The number of pyridine rings is 1. The molecule has 15 heteroatoms. The average molecular weight is 738 g/mol. The number of rotatable bonds is 7. The minimum atomic E-state index is -1.19. The highest BCUT2D eigenvalue weighted by atomic mass is 35.5. The minimum Gasteiger partial charge on any atom is -0.480 e. The van der Waals surface area contributed by atoms with Crippen molar-refractivity contribution in [3.63, 3.8) is 0 Å². The van der Waals surface area contributed by atoms with Crippen molar-refractivity contribution in [2.45, 2.75) is 75.7 Å². The third-order valence-corrected chi connectivity index (χ3v) is 12.5. The Balaban J connectivity index is 1.13. The Bertz CT molecular complexity index is 2030. The van der Waals surface area contributed by atoms with E-state index in [0.29, 0.717) is 77.9 Å². The van der Waals surface area contributed by atoms with Gasteiger partial charge in [-0.1, -0.05) is 18.0 Å². The van der Waals surface area contributed by atoms with E-state index < -0.39 is 11.4 Å². The first-order valence-electron chi connectivity index (χ1n) is 18.3. The van der Waals surface area contributed by atoms with Crippen LogP contribution in [0.1, 0.15) is 51.0 Å². The van der Waals surface area contributed by atoms with E-state index in [4.69, 9.17) is 50.2 Å². The normalized spacial score (nSPS) is 29.1. The summed E-state index contributed by atoms with van der Waals surface area (Å²) in [4.78, 5) is 19.0. The van der Waals surface area contributed by atoms with E-state index in [1.807, 2.05) is 11.8 Å². The van der Waals surface area contributed by atoms with Crippen LogP contribution in [-0.2, 0) is 14.2 Å². The molecule has 1 aromatic carbocycles. The number of H-pyrrole nitrogens is 1. The summed E-state index contributed by atoms with van der Waals surface area (Å²) in [6.45, 7) is 8.14. The number of piperidine rings is 1. The number of anilines is 1. The fourth-order valence-electron chi connectivity index (χ4n) is 9.51. The fourth-order valence-corrected chi connectivity index (χ4v) is 9.71. The van der Waals surface area contributed by atoms with Crippen molar-refractivity contribution in [3.8, 4) is 23.1 Å². The molecule has 2 N–H and O–H groups in total. The summed E-state index contributed by atoms with van der Waals surface area (Å²) < 4.78 is 47.3. The van der Waals surface area contributed by atoms with Gasteiger partial charge in [0, 0.05) is 40.0 Å².